The van der Waals surface area contributed by atoms with E-state index >= 15 is 0 Å². The fourth-order valence-corrected chi connectivity index (χ4v) is 5.13. The summed E-state index contributed by atoms with van der Waals surface area (Å²) in [5.74, 6) is -1.63. The maximum Gasteiger partial charge on any atom is 0.264 e. The summed E-state index contributed by atoms with van der Waals surface area (Å²) in [6.07, 6.45) is 0.993. The Morgan fingerprint density at radius 2 is 1.74 bits per heavy atom. The van der Waals surface area contributed by atoms with Crippen molar-refractivity contribution >= 4 is 40.6 Å². The van der Waals surface area contributed by atoms with Gasteiger partial charge in [0.1, 0.15) is 0 Å². The minimum atomic E-state index is -1.98. The van der Waals surface area contributed by atoms with Gasteiger partial charge in [0.25, 0.3) is 5.91 Å². The van der Waals surface area contributed by atoms with Gasteiger partial charge in [-0.3, -0.25) is 9.59 Å². The number of aryl methyl sites for hydroxylation is 1. The highest BCUT2D eigenvalue weighted by Gasteiger charge is 2.57. The average Bonchev–Trinajstić information content (AvgIpc) is 2.98. The largest absolute Gasteiger partial charge is 0.375 e. The lowest BCUT2D eigenvalue weighted by Gasteiger charge is -2.34. The monoisotopic (exact) mass is 451 g/mol. The van der Waals surface area contributed by atoms with Crippen LogP contribution in [0.25, 0.3) is 0 Å². The minimum Gasteiger partial charge on any atom is -0.375 e. The first kappa shape index (κ1) is 20.3. The lowest BCUT2D eigenvalue weighted by Crippen LogP contribution is -2.49. The van der Waals surface area contributed by atoms with E-state index in [2.05, 4.69) is 0 Å². The Hall–Kier alpha value is -2.66. The number of halogens is 2. The van der Waals surface area contributed by atoms with E-state index in [-0.39, 0.29) is 12.3 Å². The number of anilines is 1. The van der Waals surface area contributed by atoms with Crippen molar-refractivity contribution in [3.8, 4) is 0 Å². The van der Waals surface area contributed by atoms with Crippen LogP contribution >= 0.6 is 23.2 Å². The van der Waals surface area contributed by atoms with E-state index in [0.29, 0.717) is 39.7 Å². The molecule has 1 heterocycles. The van der Waals surface area contributed by atoms with Crippen LogP contribution in [0.15, 0.2) is 66.7 Å². The van der Waals surface area contributed by atoms with Gasteiger partial charge in [-0.15, -0.1) is 0 Å². The summed E-state index contributed by atoms with van der Waals surface area (Å²) < 4.78 is 0. The second-order valence-electron chi connectivity index (χ2n) is 8.02. The summed E-state index contributed by atoms with van der Waals surface area (Å²) in [4.78, 5) is 28.6. The number of amides is 1. The molecule has 1 aliphatic heterocycles. The van der Waals surface area contributed by atoms with Crippen LogP contribution in [0, 0.1) is 5.92 Å². The van der Waals surface area contributed by atoms with Gasteiger partial charge in [-0.05, 0) is 48.2 Å². The fourth-order valence-electron chi connectivity index (χ4n) is 4.77. The zero-order valence-electron chi connectivity index (χ0n) is 16.5. The molecule has 0 bridgehead atoms. The quantitative estimate of drug-likeness (QED) is 0.597. The van der Waals surface area contributed by atoms with Crippen molar-refractivity contribution in [1.82, 2.24) is 0 Å². The van der Waals surface area contributed by atoms with Gasteiger partial charge in [0.15, 0.2) is 11.4 Å². The van der Waals surface area contributed by atoms with Crippen molar-refractivity contribution in [2.75, 3.05) is 4.90 Å². The predicted octanol–water partition coefficient (Wildman–Crippen LogP) is 5.17. The highest BCUT2D eigenvalue weighted by atomic mass is 35.5. The van der Waals surface area contributed by atoms with Gasteiger partial charge in [0, 0.05) is 21.2 Å². The average molecular weight is 452 g/mol. The SMILES string of the molecule is O=C1c2ccccc2CC[C@@H]1[C@@]1(O)C(=O)N(Cc2ccccc2Cl)c2ccc(Cl)cc21. The molecule has 3 aromatic carbocycles. The van der Waals surface area contributed by atoms with Crippen molar-refractivity contribution in [1.29, 1.82) is 0 Å². The van der Waals surface area contributed by atoms with Crippen molar-refractivity contribution in [3.63, 3.8) is 0 Å². The van der Waals surface area contributed by atoms with E-state index < -0.39 is 17.4 Å². The molecular weight excluding hydrogens is 433 g/mol. The maximum absolute atomic E-state index is 13.7. The molecule has 5 rings (SSSR count). The van der Waals surface area contributed by atoms with Gasteiger partial charge in [0.05, 0.1) is 18.2 Å². The van der Waals surface area contributed by atoms with Gasteiger partial charge in [0.2, 0.25) is 0 Å². The molecule has 0 spiro atoms. The van der Waals surface area contributed by atoms with Crippen LogP contribution in [0.3, 0.4) is 0 Å². The van der Waals surface area contributed by atoms with E-state index in [9.17, 15) is 14.7 Å². The third-order valence-electron chi connectivity index (χ3n) is 6.32. The Kier molecular flexibility index (Phi) is 4.89. The molecule has 1 amide bonds. The highest BCUT2D eigenvalue weighted by molar-refractivity contribution is 6.31. The Labute approximate surface area is 190 Å². The summed E-state index contributed by atoms with van der Waals surface area (Å²) in [5.41, 5.74) is 1.19. The molecule has 156 valence electrons. The Bertz CT molecular complexity index is 1220. The molecule has 2 atom stereocenters. The summed E-state index contributed by atoms with van der Waals surface area (Å²) >= 11 is 12.6. The van der Waals surface area contributed by atoms with E-state index in [1.165, 1.54) is 4.90 Å². The van der Waals surface area contributed by atoms with Crippen molar-refractivity contribution < 1.29 is 14.7 Å². The maximum atomic E-state index is 13.7. The molecule has 31 heavy (non-hydrogen) atoms. The summed E-state index contributed by atoms with van der Waals surface area (Å²) in [6, 6.07) is 19.6. The van der Waals surface area contributed by atoms with Crippen LogP contribution in [0.1, 0.15) is 33.5 Å². The molecular formula is C25H19Cl2NO3. The number of Topliss-reactive ketones (excluding diaryl/α,β-unsaturated/α-hetero) is 1. The molecule has 1 aliphatic carbocycles. The normalized spacial score (nSPS) is 22.4. The van der Waals surface area contributed by atoms with E-state index in [0.717, 1.165) is 11.1 Å². The van der Waals surface area contributed by atoms with Crippen LogP contribution in [-0.2, 0) is 23.4 Å². The van der Waals surface area contributed by atoms with Crippen LogP contribution in [0.5, 0.6) is 0 Å². The number of carbonyl (C=O) groups is 2. The van der Waals surface area contributed by atoms with Crippen molar-refractivity contribution in [2.45, 2.75) is 25.0 Å². The van der Waals surface area contributed by atoms with Gasteiger partial charge in [-0.2, -0.15) is 0 Å². The van der Waals surface area contributed by atoms with Gasteiger partial charge >= 0.3 is 0 Å². The number of hydrogen-bond acceptors (Lipinski definition) is 3. The molecule has 1 N–H and O–H groups in total. The lowest BCUT2D eigenvalue weighted by molar-refractivity contribution is -0.140. The summed E-state index contributed by atoms with van der Waals surface area (Å²) in [6.45, 7) is 0.187. The number of benzene rings is 3. The molecule has 3 aromatic rings. The van der Waals surface area contributed by atoms with E-state index in [1.54, 1.807) is 36.4 Å². The number of carbonyl (C=O) groups excluding carboxylic acids is 2. The number of aliphatic hydroxyl groups is 1. The number of nitrogens with zero attached hydrogens (tertiary/aromatic N) is 1. The zero-order valence-corrected chi connectivity index (χ0v) is 18.0. The second-order valence-corrected chi connectivity index (χ2v) is 8.87. The Balaban J connectivity index is 1.61. The van der Waals surface area contributed by atoms with Crippen molar-refractivity contribution in [3.05, 3.63) is 99.0 Å². The number of hydrogen-bond donors (Lipinski definition) is 1. The topological polar surface area (TPSA) is 57.6 Å². The lowest BCUT2D eigenvalue weighted by atomic mass is 9.71. The second kappa shape index (κ2) is 7.49. The standard InChI is InChI=1S/C25H19Cl2NO3/c26-17-10-12-22-20(13-17)25(31,19-11-9-15-5-1-3-7-18(15)23(19)29)24(30)28(22)14-16-6-2-4-8-21(16)27/h1-8,10,12-13,19,31H,9,11,14H2/t19-,25-/m0/s1. The van der Waals surface area contributed by atoms with E-state index in [1.807, 2.05) is 30.3 Å². The van der Waals surface area contributed by atoms with Crippen LogP contribution in [0.2, 0.25) is 10.0 Å². The number of rotatable bonds is 3. The highest BCUT2D eigenvalue weighted by Crippen LogP contribution is 2.49. The number of fused-ring (bicyclic) bond motifs is 2. The molecule has 0 fully saturated rings. The molecule has 4 nitrogen and oxygen atoms in total. The number of ketones is 1. The Morgan fingerprint density at radius 3 is 2.55 bits per heavy atom. The molecule has 0 aromatic heterocycles. The Morgan fingerprint density at radius 1 is 1.00 bits per heavy atom. The van der Waals surface area contributed by atoms with E-state index in [4.69, 9.17) is 23.2 Å². The summed E-state index contributed by atoms with van der Waals surface area (Å²) in [7, 11) is 0. The van der Waals surface area contributed by atoms with Gasteiger partial charge in [-0.25, -0.2) is 0 Å². The first-order valence-electron chi connectivity index (χ1n) is 10.1. The molecule has 0 saturated heterocycles. The van der Waals surface area contributed by atoms with Crippen LogP contribution < -0.4 is 4.90 Å². The van der Waals surface area contributed by atoms with Crippen LogP contribution in [-0.4, -0.2) is 16.8 Å². The first-order valence-corrected chi connectivity index (χ1v) is 10.9. The van der Waals surface area contributed by atoms with Gasteiger partial charge in [-0.1, -0.05) is 65.7 Å². The summed E-state index contributed by atoms with van der Waals surface area (Å²) in [5, 5.41) is 12.8. The predicted molar refractivity (Wildman–Crippen MR) is 121 cm³/mol. The van der Waals surface area contributed by atoms with Crippen molar-refractivity contribution in [2.24, 2.45) is 5.92 Å². The molecule has 6 heteroatoms. The molecule has 2 aliphatic rings. The third kappa shape index (κ3) is 3.09. The first-order chi connectivity index (χ1) is 14.9. The smallest absolute Gasteiger partial charge is 0.264 e. The minimum absolute atomic E-state index is 0.187. The van der Waals surface area contributed by atoms with Gasteiger partial charge < -0.3 is 10.0 Å². The molecule has 0 radical (unpaired) electrons. The third-order valence-corrected chi connectivity index (χ3v) is 6.93. The zero-order chi connectivity index (χ0) is 21.8. The molecule has 0 saturated carbocycles. The fraction of sp³-hybridized carbons (Fsp3) is 0.200. The van der Waals surface area contributed by atoms with Crippen LogP contribution in [0.4, 0.5) is 5.69 Å². The molecule has 0 unspecified atom stereocenters.